The number of unbranched alkanes of at least 4 members (excludes halogenated alkanes) is 7. The summed E-state index contributed by atoms with van der Waals surface area (Å²) >= 11 is 0. The number of aryl methyl sites for hydroxylation is 2. The Hall–Kier alpha value is -3.62. The lowest BCUT2D eigenvalue weighted by molar-refractivity contribution is 0.303. The minimum Gasteiger partial charge on any atom is -0.492 e. The largest absolute Gasteiger partial charge is 0.492 e. The van der Waals surface area contributed by atoms with Crippen LogP contribution in [0.25, 0.3) is 12.2 Å². The molecule has 0 radical (unpaired) electrons. The lowest BCUT2D eigenvalue weighted by Crippen LogP contribution is -2.41. The van der Waals surface area contributed by atoms with Gasteiger partial charge in [-0.05, 0) is 68.1 Å². The second kappa shape index (κ2) is 14.7. The van der Waals surface area contributed by atoms with Crippen LogP contribution in [-0.2, 0) is 0 Å². The second-order valence-corrected chi connectivity index (χ2v) is 11.1. The summed E-state index contributed by atoms with van der Waals surface area (Å²) in [5.41, 5.74) is 10.7. The molecule has 0 saturated heterocycles. The first-order valence-corrected chi connectivity index (χ1v) is 15.1. The van der Waals surface area contributed by atoms with E-state index < -0.39 is 0 Å². The molecule has 0 unspecified atom stereocenters. The van der Waals surface area contributed by atoms with Crippen molar-refractivity contribution in [2.75, 3.05) is 6.61 Å². The number of hydrogen-bond acceptors (Lipinski definition) is 1. The van der Waals surface area contributed by atoms with Crippen molar-refractivity contribution in [2.45, 2.75) is 85.9 Å². The molecule has 40 heavy (non-hydrogen) atoms. The fraction of sp³-hybridized carbons (Fsp3) is 0.368. The van der Waals surface area contributed by atoms with Crippen molar-refractivity contribution in [2.24, 2.45) is 0 Å². The van der Waals surface area contributed by atoms with E-state index in [1.807, 2.05) is 6.92 Å². The van der Waals surface area contributed by atoms with Crippen molar-refractivity contribution < 1.29 is 4.74 Å². The summed E-state index contributed by atoms with van der Waals surface area (Å²) in [7, 11) is 0. The Labute approximate surface area is 243 Å². The number of ether oxygens (including phenoxy) is 1. The third-order valence-corrected chi connectivity index (χ3v) is 7.89. The zero-order valence-electron chi connectivity index (χ0n) is 25.1. The van der Waals surface area contributed by atoms with Crippen LogP contribution in [0, 0.1) is 37.5 Å². The number of rotatable bonds is 10. The molecule has 0 amide bonds. The highest BCUT2D eigenvalue weighted by Gasteiger charge is 2.20. The zero-order valence-corrected chi connectivity index (χ0v) is 25.1. The van der Waals surface area contributed by atoms with Gasteiger partial charge in [0.15, 0.2) is 0 Å². The third kappa shape index (κ3) is 7.74. The van der Waals surface area contributed by atoms with E-state index in [1.54, 1.807) is 0 Å². The topological polar surface area (TPSA) is 9.23 Å². The highest BCUT2D eigenvalue weighted by atomic mass is 16.5. The number of benzene rings is 3. The fourth-order valence-electron chi connectivity index (χ4n) is 5.50. The van der Waals surface area contributed by atoms with E-state index >= 15 is 0 Å². The molecule has 0 aliphatic carbocycles. The zero-order chi connectivity index (χ0) is 28.3. The fourth-order valence-corrected chi connectivity index (χ4v) is 5.50. The predicted molar refractivity (Wildman–Crippen MR) is 175 cm³/mol. The van der Waals surface area contributed by atoms with E-state index in [1.165, 1.54) is 72.6 Å². The Kier molecular flexibility index (Phi) is 10.8. The van der Waals surface area contributed by atoms with Gasteiger partial charge in [0.25, 0.3) is 0 Å². The van der Waals surface area contributed by atoms with Crippen LogP contribution in [0.15, 0.2) is 48.5 Å². The average molecular weight is 527 g/mol. The lowest BCUT2D eigenvalue weighted by atomic mass is 9.41. The van der Waals surface area contributed by atoms with Crippen LogP contribution in [0.3, 0.4) is 0 Å². The molecular formula is C38H43BO. The Balaban J connectivity index is 1.47. The van der Waals surface area contributed by atoms with Crippen LogP contribution >= 0.6 is 0 Å². The Bertz CT molecular complexity index is 1470. The summed E-state index contributed by atoms with van der Waals surface area (Å²) in [6.07, 6.45) is 14.8. The third-order valence-electron chi connectivity index (χ3n) is 7.89. The van der Waals surface area contributed by atoms with E-state index in [0.29, 0.717) is 6.71 Å². The van der Waals surface area contributed by atoms with Crippen molar-refractivity contribution in [3.63, 3.8) is 0 Å². The molecule has 4 rings (SSSR count). The molecule has 3 aromatic rings. The first-order valence-electron chi connectivity index (χ1n) is 15.1. The molecule has 1 nitrogen and oxygen atoms in total. The van der Waals surface area contributed by atoms with Gasteiger partial charge in [-0.2, -0.15) is 0 Å². The molecule has 0 bridgehead atoms. The Morgan fingerprint density at radius 2 is 1.38 bits per heavy atom. The van der Waals surface area contributed by atoms with Crippen molar-refractivity contribution in [3.05, 3.63) is 87.5 Å². The molecular weight excluding hydrogens is 483 g/mol. The van der Waals surface area contributed by atoms with Gasteiger partial charge in [0, 0.05) is 11.1 Å². The maximum Gasteiger partial charge on any atom is 0.207 e. The minimum atomic E-state index is 0.345. The van der Waals surface area contributed by atoms with E-state index in [4.69, 9.17) is 4.74 Å². The van der Waals surface area contributed by atoms with Gasteiger partial charge in [-0.3, -0.25) is 0 Å². The van der Waals surface area contributed by atoms with Gasteiger partial charge in [0.1, 0.15) is 5.75 Å². The molecule has 2 heteroatoms. The molecule has 0 N–H and O–H groups in total. The van der Waals surface area contributed by atoms with Gasteiger partial charge in [0.2, 0.25) is 6.71 Å². The highest BCUT2D eigenvalue weighted by Crippen LogP contribution is 2.24. The number of hydrogen-bond donors (Lipinski definition) is 0. The van der Waals surface area contributed by atoms with E-state index in [-0.39, 0.29) is 0 Å². The Morgan fingerprint density at radius 3 is 2.10 bits per heavy atom. The molecule has 1 aliphatic rings. The van der Waals surface area contributed by atoms with Crippen LogP contribution in [0.5, 0.6) is 5.75 Å². The van der Waals surface area contributed by atoms with Gasteiger partial charge < -0.3 is 4.74 Å². The summed E-state index contributed by atoms with van der Waals surface area (Å²) in [4.78, 5) is 0. The van der Waals surface area contributed by atoms with Gasteiger partial charge >= 0.3 is 0 Å². The van der Waals surface area contributed by atoms with Crippen LogP contribution in [0.2, 0.25) is 6.82 Å². The van der Waals surface area contributed by atoms with Crippen LogP contribution < -0.4 is 15.7 Å². The van der Waals surface area contributed by atoms with Gasteiger partial charge in [0.05, 0.1) is 12.2 Å². The van der Waals surface area contributed by atoms with Gasteiger partial charge in [-0.25, -0.2) is 0 Å². The normalized spacial score (nSPS) is 11.5. The summed E-state index contributed by atoms with van der Waals surface area (Å²) in [5, 5.41) is 0. The van der Waals surface area contributed by atoms with E-state index in [0.717, 1.165) is 41.0 Å². The molecule has 0 fully saturated rings. The predicted octanol–water partition coefficient (Wildman–Crippen LogP) is 8.32. The van der Waals surface area contributed by atoms with Crippen LogP contribution in [0.1, 0.15) is 104 Å². The molecule has 0 spiro atoms. The van der Waals surface area contributed by atoms with Crippen molar-refractivity contribution in [3.8, 4) is 29.4 Å². The highest BCUT2D eigenvalue weighted by molar-refractivity contribution is 6.85. The van der Waals surface area contributed by atoms with E-state index in [2.05, 4.69) is 112 Å². The van der Waals surface area contributed by atoms with E-state index in [9.17, 15) is 0 Å². The van der Waals surface area contributed by atoms with Crippen molar-refractivity contribution >= 4 is 29.8 Å². The van der Waals surface area contributed by atoms with Crippen molar-refractivity contribution in [1.29, 1.82) is 0 Å². The standard InChI is InChI=1S/C38H43BO/c1-6-8-9-10-11-12-13-14-24-40-38-28-32(30(4)26-35(38)15-7-2)19-17-31-18-23-37-34(27-31)21-20-33-25-29(3)16-22-36(33)39(37)5/h16,18,20-23,25-28H,6,8-14,24H2,1-5H3. The van der Waals surface area contributed by atoms with Crippen LogP contribution in [-0.4, -0.2) is 13.3 Å². The summed E-state index contributed by atoms with van der Waals surface area (Å²) in [5.74, 6) is 14.0. The number of fused-ring (bicyclic) bond motifs is 2. The molecule has 0 aromatic heterocycles. The summed E-state index contributed by atoms with van der Waals surface area (Å²) in [6.45, 7) is 11.8. The molecule has 0 saturated carbocycles. The summed E-state index contributed by atoms with van der Waals surface area (Å²) < 4.78 is 6.24. The maximum absolute atomic E-state index is 6.24. The SMILES string of the molecule is CC#Cc1cc(C)c(C#Cc2ccc3c(c2)C=Cc2cc(C)ccc2B3C)cc1OCCCCCCCCCC. The van der Waals surface area contributed by atoms with Gasteiger partial charge in [-0.1, -0.05) is 129 Å². The maximum atomic E-state index is 6.24. The molecule has 1 aliphatic heterocycles. The van der Waals surface area contributed by atoms with Gasteiger partial charge in [-0.15, -0.1) is 5.92 Å². The molecule has 204 valence electrons. The molecule has 0 atom stereocenters. The Morgan fingerprint density at radius 1 is 0.700 bits per heavy atom. The lowest BCUT2D eigenvalue weighted by Gasteiger charge is -2.13. The van der Waals surface area contributed by atoms with Crippen LogP contribution in [0.4, 0.5) is 0 Å². The first-order chi connectivity index (χ1) is 19.5. The average Bonchev–Trinajstić information content (AvgIpc) is 3.08. The first kappa shape index (κ1) is 29.4. The molecule has 3 aromatic carbocycles. The summed E-state index contributed by atoms with van der Waals surface area (Å²) in [6, 6.07) is 17.6. The van der Waals surface area contributed by atoms with Crippen molar-refractivity contribution in [1.82, 2.24) is 0 Å². The monoisotopic (exact) mass is 526 g/mol. The quantitative estimate of drug-likeness (QED) is 0.147. The minimum absolute atomic E-state index is 0.345. The molecule has 1 heterocycles. The smallest absolute Gasteiger partial charge is 0.207 e. The second-order valence-electron chi connectivity index (χ2n) is 11.1.